The first-order chi connectivity index (χ1) is 15.0. The van der Waals surface area contributed by atoms with Gasteiger partial charge >= 0.3 is 0 Å². The maximum absolute atomic E-state index is 13.2. The summed E-state index contributed by atoms with van der Waals surface area (Å²) in [4.78, 5) is 31.0. The van der Waals surface area contributed by atoms with Crippen molar-refractivity contribution < 1.29 is 24.2 Å². The second-order valence-electron chi connectivity index (χ2n) is 7.33. The molecule has 0 bridgehead atoms. The number of phenols is 2. The van der Waals surface area contributed by atoms with E-state index >= 15 is 0 Å². The van der Waals surface area contributed by atoms with Crippen LogP contribution < -0.4 is 0 Å². The van der Waals surface area contributed by atoms with E-state index < -0.39 is 29.1 Å². The van der Waals surface area contributed by atoms with E-state index in [1.54, 1.807) is 4.57 Å². The lowest BCUT2D eigenvalue weighted by molar-refractivity contribution is 0.0641. The molecular weight excluding hydrogens is 401 g/mol. The van der Waals surface area contributed by atoms with Crippen molar-refractivity contribution in [1.82, 2.24) is 14.5 Å². The number of rotatable bonds is 4. The summed E-state index contributed by atoms with van der Waals surface area (Å²) >= 11 is 0. The van der Waals surface area contributed by atoms with Crippen LogP contribution in [0.5, 0.6) is 11.5 Å². The van der Waals surface area contributed by atoms with Crippen molar-refractivity contribution in [3.63, 3.8) is 0 Å². The monoisotopic (exact) mass is 417 g/mol. The number of amides is 2. The number of hydrogen-bond acceptors (Lipinski definition) is 5. The van der Waals surface area contributed by atoms with Crippen LogP contribution in [-0.2, 0) is 13.1 Å². The standard InChI is InChI=1S/C23H16FN3O4/c24-15-8-6-14(7-9-15)11-27-22(30)16-17(23(27)31)21(29)19-18(20(16)28)25-12-26(19)10-13-4-2-1-3-5-13/h1-9,12,28-29H,10-11H2. The van der Waals surface area contributed by atoms with E-state index in [1.807, 2.05) is 30.3 Å². The van der Waals surface area contributed by atoms with Gasteiger partial charge in [0.25, 0.3) is 11.8 Å². The van der Waals surface area contributed by atoms with Crippen molar-refractivity contribution in [2.75, 3.05) is 0 Å². The first-order valence-electron chi connectivity index (χ1n) is 9.53. The van der Waals surface area contributed by atoms with E-state index in [-0.39, 0.29) is 28.7 Å². The summed E-state index contributed by atoms with van der Waals surface area (Å²) in [6.45, 7) is 0.234. The zero-order valence-corrected chi connectivity index (χ0v) is 16.1. The highest BCUT2D eigenvalue weighted by Crippen LogP contribution is 2.43. The third-order valence-corrected chi connectivity index (χ3v) is 5.38. The fourth-order valence-corrected chi connectivity index (χ4v) is 3.87. The zero-order chi connectivity index (χ0) is 21.7. The van der Waals surface area contributed by atoms with Gasteiger partial charge in [-0.3, -0.25) is 14.5 Å². The van der Waals surface area contributed by atoms with E-state index in [2.05, 4.69) is 4.98 Å². The summed E-state index contributed by atoms with van der Waals surface area (Å²) in [5.74, 6) is -2.76. The van der Waals surface area contributed by atoms with Gasteiger partial charge in [0.2, 0.25) is 0 Å². The Morgan fingerprint density at radius 2 is 1.42 bits per heavy atom. The van der Waals surface area contributed by atoms with Gasteiger partial charge in [0, 0.05) is 6.54 Å². The molecule has 0 unspecified atom stereocenters. The highest BCUT2D eigenvalue weighted by Gasteiger charge is 2.42. The predicted octanol–water partition coefficient (Wildman–Crippen LogP) is 3.43. The van der Waals surface area contributed by atoms with Crippen LogP contribution in [0.2, 0.25) is 0 Å². The third-order valence-electron chi connectivity index (χ3n) is 5.38. The molecule has 4 aromatic rings. The molecule has 5 rings (SSSR count). The van der Waals surface area contributed by atoms with Gasteiger partial charge in [0.05, 0.1) is 12.9 Å². The number of fused-ring (bicyclic) bond motifs is 2. The summed E-state index contributed by atoms with van der Waals surface area (Å²) < 4.78 is 14.8. The lowest BCUT2D eigenvalue weighted by Crippen LogP contribution is -2.29. The predicted molar refractivity (Wildman–Crippen MR) is 109 cm³/mol. The number of carbonyl (C=O) groups is 2. The van der Waals surface area contributed by atoms with Crippen molar-refractivity contribution in [3.05, 3.63) is 89.0 Å². The lowest BCUT2D eigenvalue weighted by atomic mass is 10.1. The normalized spacial score (nSPS) is 13.3. The Kier molecular flexibility index (Phi) is 4.21. The highest BCUT2D eigenvalue weighted by atomic mass is 19.1. The Morgan fingerprint density at radius 3 is 2.10 bits per heavy atom. The number of imide groups is 1. The smallest absolute Gasteiger partial charge is 0.265 e. The average Bonchev–Trinajstić information content (AvgIpc) is 3.29. The van der Waals surface area contributed by atoms with Crippen LogP contribution in [-0.4, -0.2) is 36.5 Å². The molecule has 1 aliphatic rings. The van der Waals surface area contributed by atoms with Gasteiger partial charge in [-0.05, 0) is 23.3 Å². The lowest BCUT2D eigenvalue weighted by Gasteiger charge is -2.13. The van der Waals surface area contributed by atoms with Crippen molar-refractivity contribution in [1.29, 1.82) is 0 Å². The Balaban J connectivity index is 1.59. The molecule has 2 amide bonds. The Morgan fingerprint density at radius 1 is 0.806 bits per heavy atom. The molecule has 0 aliphatic carbocycles. The van der Waals surface area contributed by atoms with Gasteiger partial charge in [-0.15, -0.1) is 0 Å². The molecule has 0 atom stereocenters. The van der Waals surface area contributed by atoms with Crippen LogP contribution in [0.3, 0.4) is 0 Å². The number of phenolic OH excluding ortho intramolecular Hbond substituents is 2. The second-order valence-corrected chi connectivity index (χ2v) is 7.33. The van der Waals surface area contributed by atoms with Crippen LogP contribution in [0, 0.1) is 5.82 Å². The minimum Gasteiger partial charge on any atom is -0.505 e. The van der Waals surface area contributed by atoms with Gasteiger partial charge < -0.3 is 14.8 Å². The fraction of sp³-hybridized carbons (Fsp3) is 0.0870. The summed E-state index contributed by atoms with van der Waals surface area (Å²) in [7, 11) is 0. The Labute approximate surface area is 175 Å². The molecule has 31 heavy (non-hydrogen) atoms. The number of nitrogens with zero attached hydrogens (tertiary/aromatic N) is 3. The van der Waals surface area contributed by atoms with Gasteiger partial charge in [0.1, 0.15) is 28.0 Å². The van der Waals surface area contributed by atoms with Gasteiger partial charge in [0.15, 0.2) is 11.5 Å². The van der Waals surface area contributed by atoms with Crippen molar-refractivity contribution >= 4 is 22.8 Å². The SMILES string of the molecule is O=C1c2c(c(O)c3c(ncn3Cc3ccccc3)c2O)C(=O)N1Cc1ccc(F)cc1. The molecule has 3 aromatic carbocycles. The maximum atomic E-state index is 13.2. The first-order valence-corrected chi connectivity index (χ1v) is 9.53. The number of aromatic nitrogens is 2. The van der Waals surface area contributed by atoms with Crippen LogP contribution in [0.4, 0.5) is 4.39 Å². The third kappa shape index (κ3) is 2.92. The summed E-state index contributed by atoms with van der Waals surface area (Å²) in [6.07, 6.45) is 1.44. The van der Waals surface area contributed by atoms with Gasteiger partial charge in [-0.2, -0.15) is 0 Å². The molecule has 0 saturated heterocycles. The number of imidazole rings is 1. The number of carbonyl (C=O) groups excluding carboxylic acids is 2. The Hall–Kier alpha value is -4.20. The highest BCUT2D eigenvalue weighted by molar-refractivity contribution is 6.26. The molecule has 2 N–H and O–H groups in total. The number of aromatic hydroxyl groups is 2. The quantitative estimate of drug-likeness (QED) is 0.392. The van der Waals surface area contributed by atoms with Gasteiger partial charge in [-0.25, -0.2) is 9.37 Å². The van der Waals surface area contributed by atoms with E-state index in [0.29, 0.717) is 12.1 Å². The molecule has 0 saturated carbocycles. The molecule has 154 valence electrons. The van der Waals surface area contributed by atoms with Crippen molar-refractivity contribution in [3.8, 4) is 11.5 Å². The maximum Gasteiger partial charge on any atom is 0.265 e. The van der Waals surface area contributed by atoms with Crippen LogP contribution in [0.15, 0.2) is 60.9 Å². The molecule has 8 heteroatoms. The van der Waals surface area contributed by atoms with Gasteiger partial charge in [-0.1, -0.05) is 42.5 Å². The fourth-order valence-electron chi connectivity index (χ4n) is 3.87. The van der Waals surface area contributed by atoms with Crippen molar-refractivity contribution in [2.45, 2.75) is 13.1 Å². The molecule has 0 fully saturated rings. The molecule has 1 aromatic heterocycles. The first kappa shape index (κ1) is 18.8. The average molecular weight is 417 g/mol. The van der Waals surface area contributed by atoms with E-state index in [9.17, 15) is 24.2 Å². The minimum absolute atomic E-state index is 0.0389. The molecule has 0 spiro atoms. The van der Waals surface area contributed by atoms with E-state index in [4.69, 9.17) is 0 Å². The molecule has 1 aliphatic heterocycles. The van der Waals surface area contributed by atoms with Crippen LogP contribution in [0.25, 0.3) is 11.0 Å². The molecule has 2 heterocycles. The number of benzene rings is 3. The topological polar surface area (TPSA) is 95.7 Å². The Bertz CT molecular complexity index is 1350. The number of hydrogen-bond donors (Lipinski definition) is 2. The largest absolute Gasteiger partial charge is 0.505 e. The molecular formula is C23H16FN3O4. The second kappa shape index (κ2) is 6.94. The summed E-state index contributed by atoms with van der Waals surface area (Å²) in [6, 6.07) is 14.8. The van der Waals surface area contributed by atoms with Crippen LogP contribution in [0.1, 0.15) is 31.8 Å². The van der Waals surface area contributed by atoms with E-state index in [1.165, 1.54) is 30.6 Å². The van der Waals surface area contributed by atoms with Crippen LogP contribution >= 0.6 is 0 Å². The minimum atomic E-state index is -0.739. The number of halogens is 1. The molecule has 7 nitrogen and oxygen atoms in total. The summed E-state index contributed by atoms with van der Waals surface area (Å²) in [5.41, 5.74) is 1.14. The van der Waals surface area contributed by atoms with Crippen molar-refractivity contribution in [2.24, 2.45) is 0 Å². The zero-order valence-electron chi connectivity index (χ0n) is 16.1. The van der Waals surface area contributed by atoms with E-state index in [0.717, 1.165) is 10.5 Å². The summed E-state index contributed by atoms with van der Waals surface area (Å²) in [5, 5.41) is 21.7. The molecule has 0 radical (unpaired) electrons.